The van der Waals surface area contributed by atoms with E-state index in [2.05, 4.69) is 4.98 Å². The molecule has 126 valence electrons. The van der Waals surface area contributed by atoms with Crippen LogP contribution in [0.4, 0.5) is 11.4 Å². The molecule has 0 atom stereocenters. The van der Waals surface area contributed by atoms with E-state index in [1.54, 1.807) is 19.2 Å². The van der Waals surface area contributed by atoms with Crippen LogP contribution in [-0.2, 0) is 11.3 Å². The van der Waals surface area contributed by atoms with Crippen LogP contribution < -0.4 is 10.5 Å². The lowest BCUT2D eigenvalue weighted by atomic mass is 10.2. The van der Waals surface area contributed by atoms with Gasteiger partial charge in [-0.15, -0.1) is 0 Å². The number of fused-ring (bicyclic) bond motifs is 1. The van der Waals surface area contributed by atoms with Gasteiger partial charge in [0.2, 0.25) is 5.91 Å². The normalized spacial score (nSPS) is 10.6. The molecule has 1 amide bonds. The molecule has 25 heavy (non-hydrogen) atoms. The number of likely N-dealkylation sites (N-methyl/N-ethyl adjacent to an activating group) is 1. The molecular formula is C17H14N4O4. The van der Waals surface area contributed by atoms with Gasteiger partial charge in [0, 0.05) is 24.9 Å². The maximum absolute atomic E-state index is 12.5. The van der Waals surface area contributed by atoms with Crippen molar-refractivity contribution in [3.05, 3.63) is 75.3 Å². The first-order chi connectivity index (χ1) is 12.0. The Bertz CT molecular complexity index is 1010. The highest BCUT2D eigenvalue weighted by Crippen LogP contribution is 2.16. The second-order valence-electron chi connectivity index (χ2n) is 5.42. The second-order valence-corrected chi connectivity index (χ2v) is 5.42. The van der Waals surface area contributed by atoms with E-state index >= 15 is 0 Å². The van der Waals surface area contributed by atoms with Crippen molar-refractivity contribution in [1.29, 1.82) is 0 Å². The molecule has 0 saturated carbocycles. The predicted octanol–water partition coefficient (Wildman–Crippen LogP) is 1.97. The zero-order chi connectivity index (χ0) is 18.0. The Labute approximate surface area is 142 Å². The number of benzene rings is 2. The molecule has 1 heterocycles. The summed E-state index contributed by atoms with van der Waals surface area (Å²) in [6, 6.07) is 12.9. The van der Waals surface area contributed by atoms with E-state index in [1.807, 2.05) is 18.2 Å². The van der Waals surface area contributed by atoms with Crippen LogP contribution in [0.5, 0.6) is 0 Å². The maximum Gasteiger partial charge on any atom is 0.271 e. The SMILES string of the molecule is CN(C(=O)Cn1cnc2cc([N+](=O)[O-])ccc2c1=O)c1ccccc1. The van der Waals surface area contributed by atoms with Crippen LogP contribution in [0, 0.1) is 10.1 Å². The number of aromatic nitrogens is 2. The van der Waals surface area contributed by atoms with Gasteiger partial charge in [-0.25, -0.2) is 4.98 Å². The number of rotatable bonds is 4. The Kier molecular flexibility index (Phi) is 4.25. The summed E-state index contributed by atoms with van der Waals surface area (Å²) in [6.07, 6.45) is 1.23. The minimum absolute atomic E-state index is 0.142. The fourth-order valence-corrected chi connectivity index (χ4v) is 2.42. The van der Waals surface area contributed by atoms with Crippen molar-refractivity contribution in [2.75, 3.05) is 11.9 Å². The highest BCUT2D eigenvalue weighted by Gasteiger charge is 2.15. The lowest BCUT2D eigenvalue weighted by molar-refractivity contribution is -0.384. The average Bonchev–Trinajstić information content (AvgIpc) is 2.63. The minimum Gasteiger partial charge on any atom is -0.314 e. The van der Waals surface area contributed by atoms with Gasteiger partial charge in [0.1, 0.15) is 6.54 Å². The van der Waals surface area contributed by atoms with Crippen LogP contribution in [0.3, 0.4) is 0 Å². The van der Waals surface area contributed by atoms with Gasteiger partial charge < -0.3 is 4.90 Å². The van der Waals surface area contributed by atoms with Crippen molar-refractivity contribution < 1.29 is 9.72 Å². The molecular weight excluding hydrogens is 324 g/mol. The van der Waals surface area contributed by atoms with E-state index in [1.165, 1.54) is 34.0 Å². The zero-order valence-electron chi connectivity index (χ0n) is 13.3. The van der Waals surface area contributed by atoms with Gasteiger partial charge in [-0.1, -0.05) is 18.2 Å². The Morgan fingerprint density at radius 2 is 1.96 bits per heavy atom. The molecule has 8 nitrogen and oxygen atoms in total. The number of hydrogen-bond acceptors (Lipinski definition) is 5. The number of non-ortho nitro benzene ring substituents is 1. The van der Waals surface area contributed by atoms with Crippen LogP contribution in [0.15, 0.2) is 59.7 Å². The van der Waals surface area contributed by atoms with Crippen molar-refractivity contribution >= 4 is 28.2 Å². The molecule has 8 heteroatoms. The van der Waals surface area contributed by atoms with Crippen LogP contribution in [0.2, 0.25) is 0 Å². The fourth-order valence-electron chi connectivity index (χ4n) is 2.42. The van der Waals surface area contributed by atoms with Crippen molar-refractivity contribution in [3.8, 4) is 0 Å². The molecule has 0 unspecified atom stereocenters. The molecule has 0 bridgehead atoms. The quantitative estimate of drug-likeness (QED) is 0.535. The topological polar surface area (TPSA) is 98.3 Å². The number of nitro benzene ring substituents is 1. The van der Waals surface area contributed by atoms with Crippen molar-refractivity contribution in [1.82, 2.24) is 9.55 Å². The molecule has 0 aliphatic carbocycles. The fraction of sp³-hybridized carbons (Fsp3) is 0.118. The van der Waals surface area contributed by atoms with Crippen molar-refractivity contribution in [2.24, 2.45) is 0 Å². The Morgan fingerprint density at radius 1 is 1.24 bits per heavy atom. The molecule has 0 saturated heterocycles. The first-order valence-electron chi connectivity index (χ1n) is 7.42. The molecule has 2 aromatic carbocycles. The number of nitro groups is 1. The van der Waals surface area contributed by atoms with Gasteiger partial charge >= 0.3 is 0 Å². The van der Waals surface area contributed by atoms with Gasteiger partial charge in [0.15, 0.2) is 0 Å². The lowest BCUT2D eigenvalue weighted by Gasteiger charge is -2.17. The standard InChI is InChI=1S/C17H14N4O4/c1-19(12-5-3-2-4-6-12)16(22)10-20-11-18-15-9-13(21(24)25)7-8-14(15)17(20)23/h2-9,11H,10H2,1H3. The van der Waals surface area contributed by atoms with Crippen LogP contribution in [0.25, 0.3) is 10.9 Å². The van der Waals surface area contributed by atoms with Gasteiger partial charge in [0.05, 0.1) is 22.2 Å². The summed E-state index contributed by atoms with van der Waals surface area (Å²) >= 11 is 0. The molecule has 0 radical (unpaired) electrons. The average molecular weight is 338 g/mol. The summed E-state index contributed by atoms with van der Waals surface area (Å²) in [5, 5.41) is 11.0. The summed E-state index contributed by atoms with van der Waals surface area (Å²) in [4.78, 5) is 40.6. The second kappa shape index (κ2) is 6.52. The third kappa shape index (κ3) is 3.23. The number of anilines is 1. The number of carbonyl (C=O) groups excluding carboxylic acids is 1. The molecule has 3 rings (SSSR count). The molecule has 0 fully saturated rings. The first-order valence-corrected chi connectivity index (χ1v) is 7.42. The van der Waals surface area contributed by atoms with Crippen LogP contribution in [-0.4, -0.2) is 27.4 Å². The lowest BCUT2D eigenvalue weighted by Crippen LogP contribution is -2.34. The van der Waals surface area contributed by atoms with Crippen molar-refractivity contribution in [2.45, 2.75) is 6.54 Å². The van der Waals surface area contributed by atoms with Crippen molar-refractivity contribution in [3.63, 3.8) is 0 Å². The number of nitrogens with zero attached hydrogens (tertiary/aromatic N) is 4. The Morgan fingerprint density at radius 3 is 2.64 bits per heavy atom. The molecule has 1 aromatic heterocycles. The molecule has 0 aliphatic rings. The van der Waals surface area contributed by atoms with Gasteiger partial charge in [-0.2, -0.15) is 0 Å². The van der Waals surface area contributed by atoms with E-state index in [4.69, 9.17) is 0 Å². The third-order valence-electron chi connectivity index (χ3n) is 3.84. The largest absolute Gasteiger partial charge is 0.314 e. The predicted molar refractivity (Wildman–Crippen MR) is 92.5 cm³/mol. The van der Waals surface area contributed by atoms with Gasteiger partial charge in [-0.05, 0) is 18.2 Å². The van der Waals surface area contributed by atoms with E-state index in [9.17, 15) is 19.7 Å². The molecule has 0 aliphatic heterocycles. The smallest absolute Gasteiger partial charge is 0.271 e. The number of hydrogen-bond donors (Lipinski definition) is 0. The van der Waals surface area contributed by atoms with E-state index in [-0.39, 0.29) is 29.0 Å². The minimum atomic E-state index is -0.551. The Balaban J connectivity index is 1.90. The summed E-state index contributed by atoms with van der Waals surface area (Å²) in [6.45, 7) is -0.176. The maximum atomic E-state index is 12.5. The monoisotopic (exact) mass is 338 g/mol. The molecule has 0 N–H and O–H groups in total. The van der Waals surface area contributed by atoms with E-state index in [0.29, 0.717) is 5.69 Å². The number of carbonyl (C=O) groups is 1. The number of para-hydroxylation sites is 1. The summed E-state index contributed by atoms with van der Waals surface area (Å²) in [5.74, 6) is -0.281. The highest BCUT2D eigenvalue weighted by molar-refractivity contribution is 5.92. The third-order valence-corrected chi connectivity index (χ3v) is 3.84. The van der Waals surface area contributed by atoms with Crippen LogP contribution in [0.1, 0.15) is 0 Å². The Hall–Kier alpha value is -3.55. The summed E-state index contributed by atoms with van der Waals surface area (Å²) in [7, 11) is 1.63. The van der Waals surface area contributed by atoms with Gasteiger partial charge in [-0.3, -0.25) is 24.3 Å². The molecule has 3 aromatic rings. The first kappa shape index (κ1) is 16.3. The van der Waals surface area contributed by atoms with Crippen LogP contribution >= 0.6 is 0 Å². The summed E-state index contributed by atoms with van der Waals surface area (Å²) < 4.78 is 1.19. The molecule has 0 spiro atoms. The van der Waals surface area contributed by atoms with E-state index < -0.39 is 10.5 Å². The van der Waals surface area contributed by atoms with E-state index in [0.717, 1.165) is 0 Å². The summed E-state index contributed by atoms with van der Waals surface area (Å²) in [5.41, 5.74) is 0.371. The number of amides is 1. The highest BCUT2D eigenvalue weighted by atomic mass is 16.6. The zero-order valence-corrected chi connectivity index (χ0v) is 13.3. The van der Waals surface area contributed by atoms with Gasteiger partial charge in [0.25, 0.3) is 11.2 Å².